The number of fused-ring (bicyclic) bond motifs is 10. The number of rotatable bonds is 5. The summed E-state index contributed by atoms with van der Waals surface area (Å²) in [5, 5.41) is 1.59. The van der Waals surface area contributed by atoms with Gasteiger partial charge in [0.1, 0.15) is 0 Å². The van der Waals surface area contributed by atoms with E-state index in [0.29, 0.717) is 0 Å². The molecule has 4 heterocycles. The highest BCUT2D eigenvalue weighted by atomic mass is 28.3. The summed E-state index contributed by atoms with van der Waals surface area (Å²) in [6.07, 6.45) is 9.83. The van der Waals surface area contributed by atoms with Crippen molar-refractivity contribution in [2.75, 3.05) is 14.7 Å². The molecular weight excluding hydrogens is 862 g/mol. The predicted molar refractivity (Wildman–Crippen MR) is 304 cm³/mol. The van der Waals surface area contributed by atoms with Crippen molar-refractivity contribution >= 4 is 76.2 Å². The largest absolute Gasteiger partial charge is 0.335 e. The van der Waals surface area contributed by atoms with Crippen LogP contribution in [0.2, 0.25) is 19.6 Å². The molecule has 0 saturated heterocycles. The van der Waals surface area contributed by atoms with Crippen LogP contribution in [-0.2, 0) is 16.2 Å². The molecule has 0 spiro atoms. The van der Waals surface area contributed by atoms with Crippen molar-refractivity contribution in [2.24, 2.45) is 0 Å². The lowest BCUT2D eigenvalue weighted by molar-refractivity contribution is 0.194. The molecule has 13 rings (SSSR count). The SMILES string of the molecule is CC(C)(C)c1ccc2c(c1)C1(C)CCCCC1(C)N2c1cc2c3c(c1)N1c4c(cc([Si](C)(C)C)cc4C4(C)CCCCC14C)B3c1cc(-c3ccccc3)ccc1N2c1ccc(-c2ccccc2)cc1. The maximum absolute atomic E-state index is 2.97. The average molecular weight is 932 g/mol. The van der Waals surface area contributed by atoms with Crippen LogP contribution in [0.1, 0.15) is 117 Å². The normalized spacial score (nSPS) is 24.9. The van der Waals surface area contributed by atoms with Crippen LogP contribution in [0.4, 0.5) is 39.8 Å². The summed E-state index contributed by atoms with van der Waals surface area (Å²) < 4.78 is 0. The van der Waals surface area contributed by atoms with E-state index in [2.05, 4.69) is 228 Å². The van der Waals surface area contributed by atoms with Crippen molar-refractivity contribution < 1.29 is 0 Å². The molecule has 352 valence electrons. The van der Waals surface area contributed by atoms with E-state index < -0.39 is 8.07 Å². The van der Waals surface area contributed by atoms with Gasteiger partial charge in [-0.3, -0.25) is 0 Å². The fourth-order valence-electron chi connectivity index (χ4n) is 15.0. The minimum atomic E-state index is -1.76. The molecular formula is C65H70BN3Si. The van der Waals surface area contributed by atoms with E-state index in [4.69, 9.17) is 0 Å². The predicted octanol–water partition coefficient (Wildman–Crippen LogP) is 15.0. The molecule has 2 saturated carbocycles. The Balaban J connectivity index is 1.14. The molecule has 7 aromatic carbocycles. The van der Waals surface area contributed by atoms with Crippen LogP contribution in [0, 0.1) is 0 Å². The second-order valence-electron chi connectivity index (χ2n) is 25.2. The third kappa shape index (κ3) is 5.94. The molecule has 7 aromatic rings. The zero-order valence-electron chi connectivity index (χ0n) is 43.4. The topological polar surface area (TPSA) is 9.72 Å². The Labute approximate surface area is 420 Å². The first-order valence-corrected chi connectivity index (χ1v) is 30.2. The van der Waals surface area contributed by atoms with Gasteiger partial charge in [0.05, 0.1) is 19.2 Å². The molecule has 0 radical (unpaired) electrons. The molecule has 2 aliphatic carbocycles. The fourth-order valence-corrected chi connectivity index (χ4v) is 16.2. The van der Waals surface area contributed by atoms with Crippen molar-refractivity contribution in [1.29, 1.82) is 0 Å². The van der Waals surface area contributed by atoms with Crippen LogP contribution in [0.3, 0.4) is 0 Å². The molecule has 0 N–H and O–H groups in total. The van der Waals surface area contributed by atoms with Gasteiger partial charge >= 0.3 is 0 Å². The van der Waals surface area contributed by atoms with Gasteiger partial charge in [0, 0.05) is 50.6 Å². The monoisotopic (exact) mass is 932 g/mol. The van der Waals surface area contributed by atoms with Crippen LogP contribution >= 0.6 is 0 Å². The van der Waals surface area contributed by atoms with Gasteiger partial charge < -0.3 is 14.7 Å². The quantitative estimate of drug-likeness (QED) is 0.159. The second-order valence-corrected chi connectivity index (χ2v) is 30.3. The maximum atomic E-state index is 2.97. The number of hydrogen-bond donors (Lipinski definition) is 0. The smallest absolute Gasteiger partial charge is 0.252 e. The Morgan fingerprint density at radius 1 is 0.471 bits per heavy atom. The van der Waals surface area contributed by atoms with Gasteiger partial charge in [0.25, 0.3) is 6.71 Å². The van der Waals surface area contributed by atoms with E-state index in [-0.39, 0.29) is 34.0 Å². The second kappa shape index (κ2) is 14.9. The minimum Gasteiger partial charge on any atom is -0.335 e. The van der Waals surface area contributed by atoms with Crippen LogP contribution in [0.25, 0.3) is 22.3 Å². The Hall–Kier alpha value is -5.78. The van der Waals surface area contributed by atoms with Gasteiger partial charge in [-0.05, 0) is 137 Å². The molecule has 0 bridgehead atoms. The lowest BCUT2D eigenvalue weighted by atomic mass is 9.33. The number of hydrogen-bond acceptors (Lipinski definition) is 3. The third-order valence-electron chi connectivity index (χ3n) is 19.4. The Bertz CT molecular complexity index is 3280. The van der Waals surface area contributed by atoms with Crippen molar-refractivity contribution in [3.8, 4) is 22.3 Å². The molecule has 3 nitrogen and oxygen atoms in total. The molecule has 70 heavy (non-hydrogen) atoms. The maximum Gasteiger partial charge on any atom is 0.252 e. The van der Waals surface area contributed by atoms with Gasteiger partial charge in [0.2, 0.25) is 0 Å². The van der Waals surface area contributed by atoms with Gasteiger partial charge in [0.15, 0.2) is 0 Å². The van der Waals surface area contributed by atoms with E-state index in [1.54, 1.807) is 10.8 Å². The zero-order valence-corrected chi connectivity index (χ0v) is 44.4. The molecule has 4 unspecified atom stereocenters. The lowest BCUT2D eigenvalue weighted by Crippen LogP contribution is -2.65. The summed E-state index contributed by atoms with van der Waals surface area (Å²) in [6, 6.07) is 57.3. The molecule has 5 heteroatoms. The summed E-state index contributed by atoms with van der Waals surface area (Å²) in [5.41, 5.74) is 23.4. The van der Waals surface area contributed by atoms with Crippen LogP contribution in [0.5, 0.6) is 0 Å². The summed E-state index contributed by atoms with van der Waals surface area (Å²) >= 11 is 0. The van der Waals surface area contributed by atoms with Crippen molar-refractivity contribution in [2.45, 2.75) is 147 Å². The first kappa shape index (κ1) is 44.2. The first-order valence-electron chi connectivity index (χ1n) is 26.7. The lowest BCUT2D eigenvalue weighted by Gasteiger charge is -2.53. The van der Waals surface area contributed by atoms with E-state index >= 15 is 0 Å². The van der Waals surface area contributed by atoms with Gasteiger partial charge in [-0.1, -0.05) is 194 Å². The van der Waals surface area contributed by atoms with Crippen LogP contribution in [0.15, 0.2) is 146 Å². The fraction of sp³-hybridized carbons (Fsp3) is 0.354. The number of nitrogens with zero attached hydrogens (tertiary/aromatic N) is 3. The highest BCUT2D eigenvalue weighted by Gasteiger charge is 2.63. The third-order valence-corrected chi connectivity index (χ3v) is 21.5. The molecule has 0 amide bonds. The molecule has 4 atom stereocenters. The number of benzene rings is 7. The van der Waals surface area contributed by atoms with E-state index in [1.807, 2.05) is 0 Å². The van der Waals surface area contributed by atoms with E-state index in [0.717, 1.165) is 0 Å². The summed E-state index contributed by atoms with van der Waals surface area (Å²) in [4.78, 5) is 8.51. The van der Waals surface area contributed by atoms with Gasteiger partial charge in [-0.2, -0.15) is 0 Å². The molecule has 4 aliphatic heterocycles. The Kier molecular flexibility index (Phi) is 9.40. The van der Waals surface area contributed by atoms with Crippen molar-refractivity contribution in [3.05, 3.63) is 162 Å². The Morgan fingerprint density at radius 2 is 1.03 bits per heavy atom. The summed E-state index contributed by atoms with van der Waals surface area (Å²) in [6.45, 7) is 25.5. The summed E-state index contributed by atoms with van der Waals surface area (Å²) in [7, 11) is -1.76. The number of anilines is 7. The molecule has 2 fully saturated rings. The molecule has 0 aromatic heterocycles. The molecule has 6 aliphatic rings. The highest BCUT2D eigenvalue weighted by Crippen LogP contribution is 2.65. The van der Waals surface area contributed by atoms with Crippen molar-refractivity contribution in [3.63, 3.8) is 0 Å². The standard InChI is InChI=1S/C65H70BN3Si/c1-61(2,3)47-28-32-55-51(38-47)62(4)33-17-19-35-64(62,6)68(55)49-39-57-59-58(40-49)69-60-52(63(5)34-18-20-36-65(63,69)7)41-50(70(8,9)10)42-54(60)66(59)53-37-46(44-23-15-12-16-24-44)27-31-56(53)67(57)48-29-25-45(26-30-48)43-21-13-11-14-22-43/h11-16,21-32,37-42H,17-20,33-36H2,1-10H3. The zero-order chi connectivity index (χ0) is 48.3. The van der Waals surface area contributed by atoms with E-state index in [9.17, 15) is 0 Å². The Morgan fingerprint density at radius 3 is 1.67 bits per heavy atom. The summed E-state index contributed by atoms with van der Waals surface area (Å²) in [5.74, 6) is 0. The average Bonchev–Trinajstić information content (AvgIpc) is 3.70. The van der Waals surface area contributed by atoms with Gasteiger partial charge in [-0.15, -0.1) is 0 Å². The van der Waals surface area contributed by atoms with Crippen LogP contribution in [-0.4, -0.2) is 25.9 Å². The first-order chi connectivity index (χ1) is 33.4. The van der Waals surface area contributed by atoms with Crippen LogP contribution < -0.4 is 36.3 Å². The van der Waals surface area contributed by atoms with Crippen molar-refractivity contribution in [1.82, 2.24) is 0 Å². The van der Waals surface area contributed by atoms with E-state index in [1.165, 1.54) is 141 Å². The van der Waals surface area contributed by atoms with Gasteiger partial charge in [-0.25, -0.2) is 0 Å². The highest BCUT2D eigenvalue weighted by molar-refractivity contribution is 7.01. The minimum absolute atomic E-state index is 0.0134.